The van der Waals surface area contributed by atoms with Gasteiger partial charge in [0.1, 0.15) is 5.69 Å². The fourth-order valence-corrected chi connectivity index (χ4v) is 2.17. The van der Waals surface area contributed by atoms with E-state index in [9.17, 15) is 9.90 Å². The number of aromatic carboxylic acids is 1. The van der Waals surface area contributed by atoms with Crippen LogP contribution in [-0.2, 0) is 0 Å². The Balaban J connectivity index is 2.28. The Morgan fingerprint density at radius 1 is 1.14 bits per heavy atom. The molecule has 1 aromatic carbocycles. The van der Waals surface area contributed by atoms with E-state index in [2.05, 4.69) is 15.3 Å². The highest BCUT2D eigenvalue weighted by Gasteiger charge is 2.23. The van der Waals surface area contributed by atoms with Crippen molar-refractivity contribution in [1.82, 2.24) is 20.0 Å². The second-order valence-corrected chi connectivity index (χ2v) is 4.58. The SMILES string of the molecule is O=C(O)c1nnn(-c2ccccc2Cl)c1-c1ccccn1. The molecule has 2 aromatic heterocycles. The Labute approximate surface area is 124 Å². The predicted molar refractivity (Wildman–Crippen MR) is 76.6 cm³/mol. The van der Waals surface area contributed by atoms with Crippen molar-refractivity contribution in [3.05, 3.63) is 59.4 Å². The van der Waals surface area contributed by atoms with E-state index in [1.165, 1.54) is 4.68 Å². The van der Waals surface area contributed by atoms with Gasteiger partial charge in [-0.05, 0) is 24.3 Å². The summed E-state index contributed by atoms with van der Waals surface area (Å²) in [5.41, 5.74) is 1.12. The molecule has 104 valence electrons. The molecule has 1 N–H and O–H groups in total. The monoisotopic (exact) mass is 300 g/mol. The molecule has 0 aliphatic carbocycles. The average Bonchev–Trinajstić information content (AvgIpc) is 2.93. The van der Waals surface area contributed by atoms with Crippen LogP contribution in [0.25, 0.3) is 17.1 Å². The molecular weight excluding hydrogens is 292 g/mol. The van der Waals surface area contributed by atoms with Crippen molar-refractivity contribution in [3.8, 4) is 17.1 Å². The number of pyridine rings is 1. The number of benzene rings is 1. The molecule has 0 aliphatic rings. The molecule has 7 heteroatoms. The number of halogens is 1. The van der Waals surface area contributed by atoms with E-state index in [0.717, 1.165) is 0 Å². The van der Waals surface area contributed by atoms with Crippen LogP contribution in [0.5, 0.6) is 0 Å². The van der Waals surface area contributed by atoms with E-state index in [0.29, 0.717) is 16.4 Å². The van der Waals surface area contributed by atoms with Gasteiger partial charge in [-0.1, -0.05) is 35.0 Å². The number of nitrogens with zero attached hydrogens (tertiary/aromatic N) is 4. The molecule has 0 saturated heterocycles. The van der Waals surface area contributed by atoms with Crippen molar-refractivity contribution in [2.24, 2.45) is 0 Å². The second kappa shape index (κ2) is 5.34. The topological polar surface area (TPSA) is 80.9 Å². The number of rotatable bonds is 3. The Morgan fingerprint density at radius 2 is 1.90 bits per heavy atom. The van der Waals surface area contributed by atoms with Crippen molar-refractivity contribution in [2.75, 3.05) is 0 Å². The Hall–Kier alpha value is -2.73. The first-order valence-electron chi connectivity index (χ1n) is 6.04. The summed E-state index contributed by atoms with van der Waals surface area (Å²) in [7, 11) is 0. The van der Waals surface area contributed by atoms with E-state index in [1.54, 1.807) is 48.7 Å². The number of aromatic nitrogens is 4. The smallest absolute Gasteiger partial charge is 0.358 e. The van der Waals surface area contributed by atoms with Crippen LogP contribution in [0.1, 0.15) is 10.5 Å². The Morgan fingerprint density at radius 3 is 2.57 bits per heavy atom. The zero-order valence-corrected chi connectivity index (χ0v) is 11.4. The second-order valence-electron chi connectivity index (χ2n) is 4.17. The largest absolute Gasteiger partial charge is 0.476 e. The first kappa shape index (κ1) is 13.3. The van der Waals surface area contributed by atoms with Gasteiger partial charge in [0.05, 0.1) is 16.4 Å². The van der Waals surface area contributed by atoms with Crippen LogP contribution in [-0.4, -0.2) is 31.1 Å². The summed E-state index contributed by atoms with van der Waals surface area (Å²) in [4.78, 5) is 15.5. The minimum atomic E-state index is -1.17. The van der Waals surface area contributed by atoms with E-state index in [4.69, 9.17) is 11.6 Å². The first-order valence-corrected chi connectivity index (χ1v) is 6.41. The fraction of sp³-hybridized carbons (Fsp3) is 0. The van der Waals surface area contributed by atoms with Crippen molar-refractivity contribution in [3.63, 3.8) is 0 Å². The van der Waals surface area contributed by atoms with Gasteiger partial charge in [0.2, 0.25) is 0 Å². The van der Waals surface area contributed by atoms with Crippen LogP contribution in [0.15, 0.2) is 48.7 Å². The van der Waals surface area contributed by atoms with Gasteiger partial charge in [-0.2, -0.15) is 0 Å². The maximum absolute atomic E-state index is 11.3. The summed E-state index contributed by atoms with van der Waals surface area (Å²) in [6.45, 7) is 0. The molecule has 6 nitrogen and oxygen atoms in total. The van der Waals surface area contributed by atoms with Crippen LogP contribution in [0.3, 0.4) is 0 Å². The summed E-state index contributed by atoms with van der Waals surface area (Å²) in [5.74, 6) is -1.17. The maximum Gasteiger partial charge on any atom is 0.358 e. The molecule has 3 aromatic rings. The predicted octanol–water partition coefficient (Wildman–Crippen LogP) is 2.68. The van der Waals surface area contributed by atoms with Crippen molar-refractivity contribution in [1.29, 1.82) is 0 Å². The van der Waals surface area contributed by atoms with Gasteiger partial charge in [-0.25, -0.2) is 9.48 Å². The van der Waals surface area contributed by atoms with Crippen LogP contribution in [0, 0.1) is 0 Å². The molecule has 0 bridgehead atoms. The zero-order chi connectivity index (χ0) is 14.8. The summed E-state index contributed by atoms with van der Waals surface area (Å²) < 4.78 is 1.38. The highest BCUT2D eigenvalue weighted by atomic mass is 35.5. The van der Waals surface area contributed by atoms with Crippen molar-refractivity contribution < 1.29 is 9.90 Å². The summed E-state index contributed by atoms with van der Waals surface area (Å²) in [5, 5.41) is 17.4. The zero-order valence-electron chi connectivity index (χ0n) is 10.6. The normalized spacial score (nSPS) is 10.5. The van der Waals surface area contributed by atoms with Gasteiger partial charge in [0.25, 0.3) is 0 Å². The first-order chi connectivity index (χ1) is 10.2. The standard InChI is InChI=1S/C14H9ClN4O2/c15-9-5-1-2-7-11(9)19-13(10-6-3-4-8-16-10)12(14(20)21)17-18-19/h1-8H,(H,20,21). The summed E-state index contributed by atoms with van der Waals surface area (Å²) >= 11 is 6.15. The number of para-hydroxylation sites is 1. The van der Waals surface area contributed by atoms with Crippen molar-refractivity contribution >= 4 is 17.6 Å². The van der Waals surface area contributed by atoms with Crippen molar-refractivity contribution in [2.45, 2.75) is 0 Å². The molecular formula is C14H9ClN4O2. The molecule has 0 saturated carbocycles. The molecule has 0 fully saturated rings. The fourth-order valence-electron chi connectivity index (χ4n) is 1.95. The molecule has 0 atom stereocenters. The van der Waals surface area contributed by atoms with Crippen LogP contribution in [0.2, 0.25) is 5.02 Å². The maximum atomic E-state index is 11.3. The lowest BCUT2D eigenvalue weighted by Crippen LogP contribution is -2.04. The number of carboxylic acid groups (broad SMARTS) is 1. The lowest BCUT2D eigenvalue weighted by Gasteiger charge is -2.07. The van der Waals surface area contributed by atoms with Crippen LogP contribution in [0.4, 0.5) is 0 Å². The lowest BCUT2D eigenvalue weighted by molar-refractivity contribution is 0.0691. The summed E-state index contributed by atoms with van der Waals surface area (Å²) in [6, 6.07) is 12.2. The molecule has 0 spiro atoms. The number of carbonyl (C=O) groups is 1. The Kier molecular flexibility index (Phi) is 3.37. The van der Waals surface area contributed by atoms with Gasteiger partial charge in [0, 0.05) is 6.20 Å². The molecule has 3 rings (SSSR count). The molecule has 2 heterocycles. The van der Waals surface area contributed by atoms with Gasteiger partial charge < -0.3 is 5.11 Å². The van der Waals surface area contributed by atoms with E-state index in [1.807, 2.05) is 0 Å². The number of hydrogen-bond acceptors (Lipinski definition) is 4. The minimum absolute atomic E-state index is 0.173. The molecule has 0 radical (unpaired) electrons. The highest BCUT2D eigenvalue weighted by molar-refractivity contribution is 6.32. The van der Waals surface area contributed by atoms with Gasteiger partial charge in [-0.15, -0.1) is 5.10 Å². The third-order valence-electron chi connectivity index (χ3n) is 2.86. The molecule has 0 amide bonds. The van der Waals surface area contributed by atoms with E-state index in [-0.39, 0.29) is 11.4 Å². The highest BCUT2D eigenvalue weighted by Crippen LogP contribution is 2.27. The van der Waals surface area contributed by atoms with Gasteiger partial charge >= 0.3 is 5.97 Å². The van der Waals surface area contributed by atoms with Crippen LogP contribution < -0.4 is 0 Å². The average molecular weight is 301 g/mol. The number of hydrogen-bond donors (Lipinski definition) is 1. The number of carboxylic acids is 1. The Bertz CT molecular complexity index is 802. The van der Waals surface area contributed by atoms with Crippen LogP contribution >= 0.6 is 11.6 Å². The minimum Gasteiger partial charge on any atom is -0.476 e. The summed E-state index contributed by atoms with van der Waals surface area (Å²) in [6.07, 6.45) is 1.57. The quantitative estimate of drug-likeness (QED) is 0.804. The van der Waals surface area contributed by atoms with Gasteiger partial charge in [-0.3, -0.25) is 4.98 Å². The van der Waals surface area contributed by atoms with E-state index >= 15 is 0 Å². The molecule has 0 aliphatic heterocycles. The van der Waals surface area contributed by atoms with E-state index < -0.39 is 5.97 Å². The molecule has 21 heavy (non-hydrogen) atoms. The third-order valence-corrected chi connectivity index (χ3v) is 3.18. The lowest BCUT2D eigenvalue weighted by atomic mass is 10.2. The molecule has 0 unspecified atom stereocenters. The third kappa shape index (κ3) is 2.36. The van der Waals surface area contributed by atoms with Gasteiger partial charge in [0.15, 0.2) is 5.69 Å².